The van der Waals surface area contributed by atoms with Crippen LogP contribution < -0.4 is 10.3 Å². The molecule has 0 bridgehead atoms. The van der Waals surface area contributed by atoms with E-state index in [1.165, 1.54) is 17.5 Å². The van der Waals surface area contributed by atoms with Crippen molar-refractivity contribution in [2.24, 2.45) is 0 Å². The zero-order valence-corrected chi connectivity index (χ0v) is 16.3. The van der Waals surface area contributed by atoms with Gasteiger partial charge in [0.05, 0.1) is 23.9 Å². The third kappa shape index (κ3) is 3.53. The van der Waals surface area contributed by atoms with Gasteiger partial charge in [-0.15, -0.1) is 0 Å². The van der Waals surface area contributed by atoms with Crippen LogP contribution in [0.5, 0.6) is 5.75 Å². The molecule has 1 aromatic carbocycles. The van der Waals surface area contributed by atoms with Gasteiger partial charge in [0.1, 0.15) is 17.9 Å². The average Bonchev–Trinajstić information content (AvgIpc) is 2.71. The number of hydrogen-bond acceptors (Lipinski definition) is 6. The van der Waals surface area contributed by atoms with Crippen molar-refractivity contribution in [1.29, 1.82) is 0 Å². The van der Waals surface area contributed by atoms with Crippen LogP contribution in [0.2, 0.25) is 0 Å². The summed E-state index contributed by atoms with van der Waals surface area (Å²) in [5.41, 5.74) is 5.81. The molecule has 0 spiro atoms. The van der Waals surface area contributed by atoms with Crippen LogP contribution in [0.3, 0.4) is 0 Å². The number of rotatable bonds is 4. The Labute approximate surface area is 163 Å². The molecule has 0 radical (unpaired) electrons. The highest BCUT2D eigenvalue weighted by Crippen LogP contribution is 2.25. The van der Waals surface area contributed by atoms with E-state index in [1.807, 2.05) is 0 Å². The largest absolute Gasteiger partial charge is 0.496 e. The summed E-state index contributed by atoms with van der Waals surface area (Å²) < 4.78 is 5.40. The summed E-state index contributed by atoms with van der Waals surface area (Å²) in [6.07, 6.45) is 5.51. The van der Waals surface area contributed by atoms with Crippen LogP contribution in [0.25, 0.3) is 11.4 Å². The zero-order chi connectivity index (χ0) is 19.7. The van der Waals surface area contributed by atoms with Crippen molar-refractivity contribution in [3.05, 3.63) is 69.2 Å². The van der Waals surface area contributed by atoms with Gasteiger partial charge < -0.3 is 9.72 Å². The van der Waals surface area contributed by atoms with E-state index in [0.29, 0.717) is 17.9 Å². The summed E-state index contributed by atoms with van der Waals surface area (Å²) in [7, 11) is 1.69. The summed E-state index contributed by atoms with van der Waals surface area (Å²) in [6, 6.07) is 4.25. The molecule has 3 aromatic rings. The molecule has 3 heterocycles. The van der Waals surface area contributed by atoms with Crippen molar-refractivity contribution < 1.29 is 4.74 Å². The second kappa shape index (κ2) is 7.52. The van der Waals surface area contributed by atoms with Crippen LogP contribution in [0.1, 0.15) is 27.9 Å². The van der Waals surface area contributed by atoms with Crippen molar-refractivity contribution in [2.45, 2.75) is 33.4 Å². The van der Waals surface area contributed by atoms with Crippen LogP contribution in [0.15, 0.2) is 35.6 Å². The Bertz CT molecular complexity index is 1060. The van der Waals surface area contributed by atoms with Gasteiger partial charge in [-0.25, -0.2) is 15.0 Å². The summed E-state index contributed by atoms with van der Waals surface area (Å²) in [5, 5.41) is 0. The molecule has 0 atom stereocenters. The van der Waals surface area contributed by atoms with Crippen LogP contribution in [0.4, 0.5) is 0 Å². The molecule has 1 N–H and O–H groups in total. The molecule has 0 saturated carbocycles. The maximum atomic E-state index is 12.7. The number of nitrogens with zero attached hydrogens (tertiary/aromatic N) is 4. The van der Waals surface area contributed by atoms with E-state index in [-0.39, 0.29) is 5.56 Å². The molecule has 0 saturated heterocycles. The topological polar surface area (TPSA) is 84.0 Å². The Morgan fingerprint density at radius 1 is 1.18 bits per heavy atom. The van der Waals surface area contributed by atoms with Gasteiger partial charge in [-0.1, -0.05) is 6.07 Å². The molecule has 1 aliphatic heterocycles. The number of nitrogens with one attached hydrogen (secondary N) is 1. The molecule has 4 rings (SSSR count). The van der Waals surface area contributed by atoms with E-state index < -0.39 is 0 Å². The van der Waals surface area contributed by atoms with Gasteiger partial charge in [-0.05, 0) is 36.6 Å². The lowest BCUT2D eigenvalue weighted by Crippen LogP contribution is -2.35. The molecule has 7 heteroatoms. The monoisotopic (exact) mass is 377 g/mol. The lowest BCUT2D eigenvalue weighted by Gasteiger charge is -2.28. The number of methoxy groups -OCH3 is 1. The van der Waals surface area contributed by atoms with Crippen LogP contribution >= 0.6 is 0 Å². The quantitative estimate of drug-likeness (QED) is 0.752. The zero-order valence-electron chi connectivity index (χ0n) is 16.3. The van der Waals surface area contributed by atoms with Gasteiger partial charge in [-0.2, -0.15) is 0 Å². The molecule has 2 aromatic heterocycles. The fraction of sp³-hybridized carbons (Fsp3) is 0.333. The first-order valence-corrected chi connectivity index (χ1v) is 9.29. The number of ether oxygens (including phenoxy) is 1. The molecule has 0 fully saturated rings. The SMILES string of the molecule is COc1cc(C)c(CN2CCc3nc(-c4cncnc4)[nH]c(=O)c3C2)cc1C. The first-order chi connectivity index (χ1) is 13.5. The average molecular weight is 377 g/mol. The standard InChI is InChI=1S/C21H23N5O2/c1-13-7-19(28-3)14(2)6-15(13)10-26-5-4-18-17(11-26)21(27)25-20(24-18)16-8-22-12-23-9-16/h6-9,12H,4-5,10-11H2,1-3H3,(H,24,25,27). The van der Waals surface area contributed by atoms with E-state index >= 15 is 0 Å². The summed E-state index contributed by atoms with van der Waals surface area (Å²) in [5.74, 6) is 1.43. The van der Waals surface area contributed by atoms with Crippen molar-refractivity contribution >= 4 is 0 Å². The molecule has 7 nitrogen and oxygen atoms in total. The number of H-pyrrole nitrogens is 1. The lowest BCUT2D eigenvalue weighted by molar-refractivity contribution is 0.241. The van der Waals surface area contributed by atoms with Crippen molar-refractivity contribution in [3.8, 4) is 17.1 Å². The van der Waals surface area contributed by atoms with E-state index in [9.17, 15) is 4.79 Å². The smallest absolute Gasteiger partial charge is 0.255 e. The minimum atomic E-state index is -0.0869. The third-order valence-corrected chi connectivity index (χ3v) is 5.23. The number of aromatic nitrogens is 4. The minimum absolute atomic E-state index is 0.0869. The molecule has 0 aliphatic carbocycles. The highest BCUT2D eigenvalue weighted by molar-refractivity contribution is 5.52. The Balaban J connectivity index is 1.57. The Morgan fingerprint density at radius 2 is 1.96 bits per heavy atom. The Kier molecular flexibility index (Phi) is 4.92. The normalized spacial score (nSPS) is 14.0. The van der Waals surface area contributed by atoms with Gasteiger partial charge in [0.15, 0.2) is 0 Å². The highest BCUT2D eigenvalue weighted by atomic mass is 16.5. The lowest BCUT2D eigenvalue weighted by atomic mass is 10.0. The molecular weight excluding hydrogens is 354 g/mol. The van der Waals surface area contributed by atoms with E-state index in [4.69, 9.17) is 4.74 Å². The van der Waals surface area contributed by atoms with Crippen LogP contribution in [0, 0.1) is 13.8 Å². The van der Waals surface area contributed by atoms with E-state index in [1.54, 1.807) is 19.5 Å². The molecular formula is C21H23N5O2. The number of aromatic amines is 1. The summed E-state index contributed by atoms with van der Waals surface area (Å²) >= 11 is 0. The Morgan fingerprint density at radius 3 is 2.71 bits per heavy atom. The third-order valence-electron chi connectivity index (χ3n) is 5.23. The van der Waals surface area contributed by atoms with Gasteiger partial charge in [0.2, 0.25) is 0 Å². The molecule has 0 amide bonds. The van der Waals surface area contributed by atoms with Gasteiger partial charge >= 0.3 is 0 Å². The number of hydrogen-bond donors (Lipinski definition) is 1. The number of fused-ring (bicyclic) bond motifs is 1. The first kappa shape index (κ1) is 18.3. The van der Waals surface area contributed by atoms with Gasteiger partial charge in [0.25, 0.3) is 5.56 Å². The molecule has 0 unspecified atom stereocenters. The maximum absolute atomic E-state index is 12.7. The first-order valence-electron chi connectivity index (χ1n) is 9.29. The van der Waals surface area contributed by atoms with Crippen LogP contribution in [-0.4, -0.2) is 38.5 Å². The highest BCUT2D eigenvalue weighted by Gasteiger charge is 2.22. The number of benzene rings is 1. The van der Waals surface area contributed by atoms with Crippen molar-refractivity contribution in [1.82, 2.24) is 24.8 Å². The Hall–Kier alpha value is -3.06. The fourth-order valence-electron chi connectivity index (χ4n) is 3.65. The molecule has 144 valence electrons. The van der Waals surface area contributed by atoms with Gasteiger partial charge in [-0.3, -0.25) is 9.69 Å². The second-order valence-electron chi connectivity index (χ2n) is 7.18. The molecule has 1 aliphatic rings. The predicted octanol–water partition coefficient (Wildman–Crippen LogP) is 2.41. The van der Waals surface area contributed by atoms with Crippen molar-refractivity contribution in [3.63, 3.8) is 0 Å². The fourth-order valence-corrected chi connectivity index (χ4v) is 3.65. The second-order valence-corrected chi connectivity index (χ2v) is 7.18. The minimum Gasteiger partial charge on any atom is -0.496 e. The van der Waals surface area contributed by atoms with E-state index in [0.717, 1.165) is 42.1 Å². The molecule has 28 heavy (non-hydrogen) atoms. The summed E-state index contributed by atoms with van der Waals surface area (Å²) in [4.78, 5) is 30.5. The maximum Gasteiger partial charge on any atom is 0.255 e. The number of aryl methyl sites for hydroxylation is 2. The van der Waals surface area contributed by atoms with Gasteiger partial charge in [0, 0.05) is 38.4 Å². The van der Waals surface area contributed by atoms with Crippen LogP contribution in [-0.2, 0) is 19.5 Å². The summed E-state index contributed by atoms with van der Waals surface area (Å²) in [6.45, 7) is 6.39. The predicted molar refractivity (Wildman–Crippen MR) is 106 cm³/mol. The van der Waals surface area contributed by atoms with Crippen molar-refractivity contribution in [2.75, 3.05) is 13.7 Å². The van der Waals surface area contributed by atoms with E-state index in [2.05, 4.69) is 50.8 Å².